The fraction of sp³-hybridized carbons (Fsp3) is 0.250. The minimum Gasteiger partial charge on any atom is -0.369 e. The van der Waals surface area contributed by atoms with Gasteiger partial charge in [0.1, 0.15) is 0 Å². The second-order valence-electron chi connectivity index (χ2n) is 6.06. The second-order valence-corrected chi connectivity index (χ2v) is 6.90. The maximum absolute atomic E-state index is 12.3. The lowest BCUT2D eigenvalue weighted by molar-refractivity contribution is -0.111. The van der Waals surface area contributed by atoms with Crippen LogP contribution >= 0.6 is 23.2 Å². The number of nitrogens with one attached hydrogen (secondary N) is 1. The van der Waals surface area contributed by atoms with Gasteiger partial charge in [-0.25, -0.2) is 0 Å². The van der Waals surface area contributed by atoms with Gasteiger partial charge in [-0.15, -0.1) is 0 Å². The fourth-order valence-electron chi connectivity index (χ4n) is 2.98. The van der Waals surface area contributed by atoms with Crippen LogP contribution in [0.15, 0.2) is 48.5 Å². The van der Waals surface area contributed by atoms with E-state index in [9.17, 15) is 4.79 Å². The lowest BCUT2D eigenvalue weighted by Gasteiger charge is -2.31. The van der Waals surface area contributed by atoms with E-state index in [4.69, 9.17) is 23.2 Å². The number of para-hydroxylation sites is 1. The van der Waals surface area contributed by atoms with Crippen molar-refractivity contribution in [2.75, 3.05) is 23.3 Å². The Morgan fingerprint density at radius 1 is 1.00 bits per heavy atom. The Kier molecular flexibility index (Phi) is 6.00. The number of piperidine rings is 1. The van der Waals surface area contributed by atoms with Gasteiger partial charge in [-0.05, 0) is 55.2 Å². The van der Waals surface area contributed by atoms with Crippen LogP contribution in [-0.2, 0) is 4.79 Å². The third kappa shape index (κ3) is 4.77. The first-order valence-electron chi connectivity index (χ1n) is 8.41. The highest BCUT2D eigenvalue weighted by Gasteiger charge is 2.18. The molecule has 0 radical (unpaired) electrons. The average molecular weight is 375 g/mol. The van der Waals surface area contributed by atoms with E-state index < -0.39 is 0 Å². The fourth-order valence-corrected chi connectivity index (χ4v) is 3.40. The first kappa shape index (κ1) is 17.8. The SMILES string of the molecule is O=C(C=Cc1ccc(Cl)cc1)Nc1cccc(Cl)c1N1CCCCC1. The Morgan fingerprint density at radius 3 is 2.44 bits per heavy atom. The molecule has 1 aliphatic rings. The Bertz CT molecular complexity index is 766. The topological polar surface area (TPSA) is 32.3 Å². The summed E-state index contributed by atoms with van der Waals surface area (Å²) in [6, 6.07) is 12.9. The van der Waals surface area contributed by atoms with Crippen molar-refractivity contribution in [3.8, 4) is 0 Å². The molecule has 0 spiro atoms. The van der Waals surface area contributed by atoms with Gasteiger partial charge in [-0.1, -0.05) is 41.4 Å². The molecule has 3 nitrogen and oxygen atoms in total. The van der Waals surface area contributed by atoms with Crippen LogP contribution in [0.25, 0.3) is 6.08 Å². The van der Waals surface area contributed by atoms with Crippen LogP contribution in [0.5, 0.6) is 0 Å². The van der Waals surface area contributed by atoms with Crippen LogP contribution in [0.2, 0.25) is 10.0 Å². The van der Waals surface area contributed by atoms with Crippen LogP contribution in [0, 0.1) is 0 Å². The number of benzene rings is 2. The molecule has 1 amide bonds. The lowest BCUT2D eigenvalue weighted by Crippen LogP contribution is -2.30. The Hall–Kier alpha value is -1.97. The van der Waals surface area contributed by atoms with E-state index in [1.807, 2.05) is 30.3 Å². The second kappa shape index (κ2) is 8.41. The minimum atomic E-state index is -0.185. The van der Waals surface area contributed by atoms with Gasteiger partial charge >= 0.3 is 0 Å². The molecule has 1 heterocycles. The summed E-state index contributed by atoms with van der Waals surface area (Å²) in [7, 11) is 0. The van der Waals surface area contributed by atoms with E-state index in [1.165, 1.54) is 12.5 Å². The number of hydrogen-bond donors (Lipinski definition) is 1. The zero-order valence-corrected chi connectivity index (χ0v) is 15.4. The van der Waals surface area contributed by atoms with E-state index in [1.54, 1.807) is 18.2 Å². The van der Waals surface area contributed by atoms with Crippen molar-refractivity contribution in [2.24, 2.45) is 0 Å². The number of hydrogen-bond acceptors (Lipinski definition) is 2. The molecule has 1 N–H and O–H groups in total. The smallest absolute Gasteiger partial charge is 0.248 e. The number of carbonyl (C=O) groups is 1. The maximum atomic E-state index is 12.3. The van der Waals surface area contributed by atoms with Crippen LogP contribution in [0.3, 0.4) is 0 Å². The van der Waals surface area contributed by atoms with Gasteiger partial charge in [-0.3, -0.25) is 4.79 Å². The molecule has 0 aliphatic carbocycles. The molecule has 0 atom stereocenters. The van der Waals surface area contributed by atoms with Gasteiger partial charge in [0.15, 0.2) is 0 Å². The van der Waals surface area contributed by atoms with E-state index in [2.05, 4.69) is 10.2 Å². The van der Waals surface area contributed by atoms with E-state index in [0.29, 0.717) is 10.0 Å². The number of amides is 1. The average Bonchev–Trinajstić information content (AvgIpc) is 2.62. The summed E-state index contributed by atoms with van der Waals surface area (Å²) in [4.78, 5) is 14.6. The van der Waals surface area contributed by atoms with Crippen molar-refractivity contribution in [1.29, 1.82) is 0 Å². The molecule has 25 heavy (non-hydrogen) atoms. The van der Waals surface area contributed by atoms with Crippen molar-refractivity contribution < 1.29 is 4.79 Å². The van der Waals surface area contributed by atoms with Crippen LogP contribution in [-0.4, -0.2) is 19.0 Å². The highest BCUT2D eigenvalue weighted by molar-refractivity contribution is 6.34. The Morgan fingerprint density at radius 2 is 1.72 bits per heavy atom. The van der Waals surface area contributed by atoms with Crippen molar-refractivity contribution in [1.82, 2.24) is 0 Å². The van der Waals surface area contributed by atoms with Crippen molar-refractivity contribution >= 4 is 46.6 Å². The zero-order chi connectivity index (χ0) is 17.6. The molecule has 1 aliphatic heterocycles. The Labute approximate surface area is 158 Å². The molecular formula is C20H20Cl2N2O. The summed E-state index contributed by atoms with van der Waals surface area (Å²) in [6.45, 7) is 1.93. The molecule has 0 bridgehead atoms. The summed E-state index contributed by atoms with van der Waals surface area (Å²) in [6.07, 6.45) is 6.82. The van der Waals surface area contributed by atoms with Gasteiger partial charge in [0.05, 0.1) is 16.4 Å². The molecule has 1 fully saturated rings. The van der Waals surface area contributed by atoms with Gasteiger partial charge in [0.2, 0.25) is 5.91 Å². The summed E-state index contributed by atoms with van der Waals surface area (Å²) in [5.74, 6) is -0.185. The Balaban J connectivity index is 1.74. The molecule has 2 aromatic rings. The first-order valence-corrected chi connectivity index (χ1v) is 9.17. The molecule has 130 valence electrons. The van der Waals surface area contributed by atoms with Crippen LogP contribution in [0.1, 0.15) is 24.8 Å². The molecule has 0 aromatic heterocycles. The summed E-state index contributed by atoms with van der Waals surface area (Å²) in [5.41, 5.74) is 2.58. The van der Waals surface area contributed by atoms with Crippen LogP contribution in [0.4, 0.5) is 11.4 Å². The monoisotopic (exact) mass is 374 g/mol. The van der Waals surface area contributed by atoms with Gasteiger partial charge in [0.25, 0.3) is 0 Å². The van der Waals surface area contributed by atoms with Gasteiger partial charge in [-0.2, -0.15) is 0 Å². The molecular weight excluding hydrogens is 355 g/mol. The molecule has 1 saturated heterocycles. The van der Waals surface area contributed by atoms with E-state index in [0.717, 1.165) is 42.9 Å². The molecule has 5 heteroatoms. The molecule has 0 saturated carbocycles. The van der Waals surface area contributed by atoms with Crippen molar-refractivity contribution in [3.05, 3.63) is 64.1 Å². The lowest BCUT2D eigenvalue weighted by atomic mass is 10.1. The van der Waals surface area contributed by atoms with E-state index in [-0.39, 0.29) is 5.91 Å². The number of anilines is 2. The highest BCUT2D eigenvalue weighted by atomic mass is 35.5. The number of carbonyl (C=O) groups excluding carboxylic acids is 1. The van der Waals surface area contributed by atoms with Crippen molar-refractivity contribution in [2.45, 2.75) is 19.3 Å². The van der Waals surface area contributed by atoms with Crippen LogP contribution < -0.4 is 10.2 Å². The minimum absolute atomic E-state index is 0.185. The predicted molar refractivity (Wildman–Crippen MR) is 107 cm³/mol. The van der Waals surface area contributed by atoms with E-state index >= 15 is 0 Å². The predicted octanol–water partition coefficient (Wildman–Crippen LogP) is 5.64. The standard InChI is InChI=1S/C20H20Cl2N2O/c21-16-10-7-15(8-11-16)9-12-19(25)23-18-6-4-5-17(22)20(18)24-13-2-1-3-14-24/h4-12H,1-3,13-14H2,(H,23,25). The van der Waals surface area contributed by atoms with Crippen molar-refractivity contribution in [3.63, 3.8) is 0 Å². The van der Waals surface area contributed by atoms with Gasteiger partial charge in [0, 0.05) is 24.2 Å². The molecule has 3 rings (SSSR count). The first-order chi connectivity index (χ1) is 12.1. The summed E-state index contributed by atoms with van der Waals surface area (Å²) in [5, 5.41) is 4.29. The maximum Gasteiger partial charge on any atom is 0.248 e. The molecule has 2 aromatic carbocycles. The zero-order valence-electron chi connectivity index (χ0n) is 13.8. The third-order valence-electron chi connectivity index (χ3n) is 4.21. The number of rotatable bonds is 4. The third-order valence-corrected chi connectivity index (χ3v) is 4.77. The normalized spacial score (nSPS) is 14.7. The highest BCUT2D eigenvalue weighted by Crippen LogP contribution is 2.35. The van der Waals surface area contributed by atoms with Gasteiger partial charge < -0.3 is 10.2 Å². The largest absolute Gasteiger partial charge is 0.369 e. The number of nitrogens with zero attached hydrogens (tertiary/aromatic N) is 1. The summed E-state index contributed by atoms with van der Waals surface area (Å²) < 4.78 is 0. The number of halogens is 2. The molecule has 0 unspecified atom stereocenters. The quantitative estimate of drug-likeness (QED) is 0.702. The summed E-state index contributed by atoms with van der Waals surface area (Å²) >= 11 is 12.3.